The van der Waals surface area contributed by atoms with Gasteiger partial charge in [-0.3, -0.25) is 0 Å². The highest BCUT2D eigenvalue weighted by Crippen LogP contribution is 2.31. The second-order valence-electron chi connectivity index (χ2n) is 5.58. The van der Waals surface area contributed by atoms with E-state index >= 15 is 0 Å². The van der Waals surface area contributed by atoms with Crippen molar-refractivity contribution in [3.05, 3.63) is 29.3 Å². The van der Waals surface area contributed by atoms with E-state index in [1.807, 2.05) is 19.1 Å². The Morgan fingerprint density at radius 2 is 1.95 bits per heavy atom. The van der Waals surface area contributed by atoms with Gasteiger partial charge in [-0.25, -0.2) is 8.42 Å². The van der Waals surface area contributed by atoms with Crippen LogP contribution in [-0.2, 0) is 21.3 Å². The van der Waals surface area contributed by atoms with Gasteiger partial charge in [-0.1, -0.05) is 12.1 Å². The molecule has 0 radical (unpaired) electrons. The highest BCUT2D eigenvalue weighted by atomic mass is 32.2. The lowest BCUT2D eigenvalue weighted by Gasteiger charge is -2.31. The Hall–Kier alpha value is -0.950. The van der Waals surface area contributed by atoms with Crippen LogP contribution in [0.15, 0.2) is 23.1 Å². The first-order valence-electron chi connectivity index (χ1n) is 6.96. The van der Waals surface area contributed by atoms with Crippen molar-refractivity contribution in [3.8, 4) is 0 Å². The number of nitrogens with zero attached hydrogens (tertiary/aromatic N) is 1. The number of rotatable bonds is 3. The minimum Gasteiger partial charge on any atom is -0.372 e. The summed E-state index contributed by atoms with van der Waals surface area (Å²) in [5.41, 5.74) is 7.22. The van der Waals surface area contributed by atoms with Crippen LogP contribution in [-0.4, -0.2) is 38.0 Å². The molecule has 0 saturated carbocycles. The van der Waals surface area contributed by atoms with E-state index in [0.717, 1.165) is 24.0 Å². The molecule has 0 spiro atoms. The third-order valence-corrected chi connectivity index (χ3v) is 6.09. The van der Waals surface area contributed by atoms with Gasteiger partial charge in [0.25, 0.3) is 0 Å². The van der Waals surface area contributed by atoms with Gasteiger partial charge >= 0.3 is 0 Å². The van der Waals surface area contributed by atoms with Crippen LogP contribution in [0.3, 0.4) is 0 Å². The van der Waals surface area contributed by atoms with Crippen LogP contribution in [0.5, 0.6) is 0 Å². The van der Waals surface area contributed by atoms with Crippen molar-refractivity contribution in [2.45, 2.75) is 43.4 Å². The molecule has 2 saturated heterocycles. The highest BCUT2D eigenvalue weighted by Gasteiger charge is 2.39. The first-order chi connectivity index (χ1) is 9.50. The monoisotopic (exact) mass is 296 g/mol. The molecule has 2 atom stereocenters. The van der Waals surface area contributed by atoms with Gasteiger partial charge in [-0.15, -0.1) is 0 Å². The maximum absolute atomic E-state index is 12.8. The van der Waals surface area contributed by atoms with Gasteiger partial charge < -0.3 is 10.5 Å². The lowest BCUT2D eigenvalue weighted by atomic mass is 10.1. The zero-order valence-corrected chi connectivity index (χ0v) is 12.4. The van der Waals surface area contributed by atoms with E-state index in [9.17, 15) is 8.42 Å². The standard InChI is InChI=1S/C14H20N2O3S/c1-10-2-3-11(7-15)6-14(10)20(17,18)16-8-12-4-5-13(9-16)19-12/h2-3,6,12-13H,4-5,7-9,15H2,1H3. The van der Waals surface area contributed by atoms with E-state index in [0.29, 0.717) is 24.5 Å². The topological polar surface area (TPSA) is 72.6 Å². The quantitative estimate of drug-likeness (QED) is 0.903. The van der Waals surface area contributed by atoms with Crippen molar-refractivity contribution in [1.29, 1.82) is 0 Å². The van der Waals surface area contributed by atoms with E-state index < -0.39 is 10.0 Å². The Morgan fingerprint density at radius 1 is 1.30 bits per heavy atom. The predicted molar refractivity (Wildman–Crippen MR) is 75.7 cm³/mol. The highest BCUT2D eigenvalue weighted by molar-refractivity contribution is 7.89. The third kappa shape index (κ3) is 2.37. The number of nitrogens with two attached hydrogens (primary N) is 1. The summed E-state index contributed by atoms with van der Waals surface area (Å²) < 4.78 is 32.9. The molecule has 0 aliphatic carbocycles. The number of morpholine rings is 1. The molecule has 2 bridgehead atoms. The van der Waals surface area contributed by atoms with Crippen molar-refractivity contribution >= 4 is 10.0 Å². The van der Waals surface area contributed by atoms with E-state index in [4.69, 9.17) is 10.5 Å². The van der Waals surface area contributed by atoms with Gasteiger partial charge in [0.2, 0.25) is 10.0 Å². The van der Waals surface area contributed by atoms with Gasteiger partial charge in [0, 0.05) is 19.6 Å². The summed E-state index contributed by atoms with van der Waals surface area (Å²) in [5, 5.41) is 0. The fourth-order valence-corrected chi connectivity index (χ4v) is 4.74. The Labute approximate surface area is 119 Å². The van der Waals surface area contributed by atoms with Crippen molar-refractivity contribution in [3.63, 3.8) is 0 Å². The van der Waals surface area contributed by atoms with E-state index in [1.165, 1.54) is 0 Å². The van der Waals surface area contributed by atoms with E-state index in [2.05, 4.69) is 0 Å². The number of benzene rings is 1. The van der Waals surface area contributed by atoms with Crippen molar-refractivity contribution in [2.75, 3.05) is 13.1 Å². The summed E-state index contributed by atoms with van der Waals surface area (Å²) in [7, 11) is -3.45. The molecule has 110 valence electrons. The molecule has 1 aromatic rings. The van der Waals surface area contributed by atoms with Crippen molar-refractivity contribution in [1.82, 2.24) is 4.31 Å². The second-order valence-corrected chi connectivity index (χ2v) is 7.49. The maximum atomic E-state index is 12.8. The Bertz CT molecular complexity index is 603. The molecule has 5 nitrogen and oxygen atoms in total. The number of hydrogen-bond donors (Lipinski definition) is 1. The second kappa shape index (κ2) is 5.11. The largest absolute Gasteiger partial charge is 0.372 e. The van der Waals surface area contributed by atoms with Crippen LogP contribution in [0, 0.1) is 6.92 Å². The molecule has 2 aliphatic heterocycles. The van der Waals surface area contributed by atoms with E-state index in [1.54, 1.807) is 10.4 Å². The first kappa shape index (κ1) is 14.0. The first-order valence-corrected chi connectivity index (χ1v) is 8.40. The number of ether oxygens (including phenoxy) is 1. The summed E-state index contributed by atoms with van der Waals surface area (Å²) in [5.74, 6) is 0. The molecule has 2 fully saturated rings. The van der Waals surface area contributed by atoms with E-state index in [-0.39, 0.29) is 12.2 Å². The Morgan fingerprint density at radius 3 is 2.55 bits per heavy atom. The molecule has 20 heavy (non-hydrogen) atoms. The van der Waals surface area contributed by atoms with Crippen LogP contribution in [0.1, 0.15) is 24.0 Å². The molecule has 0 aromatic heterocycles. The summed E-state index contributed by atoms with van der Waals surface area (Å²) in [6, 6.07) is 5.39. The lowest BCUT2D eigenvalue weighted by Crippen LogP contribution is -2.45. The molecule has 2 aliphatic rings. The minimum absolute atomic E-state index is 0.0570. The fourth-order valence-electron chi connectivity index (χ4n) is 2.96. The number of hydrogen-bond acceptors (Lipinski definition) is 4. The van der Waals surface area contributed by atoms with Gasteiger partial charge in [0.1, 0.15) is 0 Å². The van der Waals surface area contributed by atoms with Gasteiger partial charge in [-0.2, -0.15) is 4.31 Å². The van der Waals surface area contributed by atoms with Crippen molar-refractivity contribution < 1.29 is 13.2 Å². The number of aryl methyl sites for hydroxylation is 1. The number of fused-ring (bicyclic) bond motifs is 2. The molecule has 2 N–H and O–H groups in total. The Kier molecular flexibility index (Phi) is 3.58. The third-order valence-electron chi connectivity index (χ3n) is 4.12. The maximum Gasteiger partial charge on any atom is 0.243 e. The molecular formula is C14H20N2O3S. The van der Waals surface area contributed by atoms with Gasteiger partial charge in [0.15, 0.2) is 0 Å². The van der Waals surface area contributed by atoms with Crippen LogP contribution < -0.4 is 5.73 Å². The summed E-state index contributed by atoms with van der Waals surface area (Å²) in [4.78, 5) is 0.377. The average Bonchev–Trinajstić information content (AvgIpc) is 2.77. The zero-order valence-electron chi connectivity index (χ0n) is 11.6. The molecule has 0 amide bonds. The fraction of sp³-hybridized carbons (Fsp3) is 0.571. The molecule has 3 rings (SSSR count). The van der Waals surface area contributed by atoms with Crippen LogP contribution >= 0.6 is 0 Å². The zero-order chi connectivity index (χ0) is 14.3. The normalized spacial score (nSPS) is 26.9. The van der Waals surface area contributed by atoms with Gasteiger partial charge in [0.05, 0.1) is 17.1 Å². The van der Waals surface area contributed by atoms with Crippen LogP contribution in [0.2, 0.25) is 0 Å². The van der Waals surface area contributed by atoms with Crippen LogP contribution in [0.25, 0.3) is 0 Å². The molecule has 6 heteroatoms. The average molecular weight is 296 g/mol. The summed E-state index contributed by atoms with van der Waals surface area (Å²) >= 11 is 0. The van der Waals surface area contributed by atoms with Crippen LogP contribution in [0.4, 0.5) is 0 Å². The minimum atomic E-state index is -3.45. The SMILES string of the molecule is Cc1ccc(CN)cc1S(=O)(=O)N1CC2CCC(C1)O2. The predicted octanol–water partition coefficient (Wildman–Crippen LogP) is 1.01. The molecule has 2 heterocycles. The van der Waals surface area contributed by atoms with Crippen molar-refractivity contribution in [2.24, 2.45) is 5.73 Å². The lowest BCUT2D eigenvalue weighted by molar-refractivity contribution is -0.0114. The smallest absolute Gasteiger partial charge is 0.243 e. The molecular weight excluding hydrogens is 276 g/mol. The number of sulfonamides is 1. The molecule has 1 aromatic carbocycles. The summed E-state index contributed by atoms with van der Waals surface area (Å²) in [6.07, 6.45) is 2.03. The van der Waals surface area contributed by atoms with Gasteiger partial charge in [-0.05, 0) is 37.0 Å². The summed E-state index contributed by atoms with van der Waals surface area (Å²) in [6.45, 7) is 3.09. The Balaban J connectivity index is 1.95. The molecule has 2 unspecified atom stereocenters.